The van der Waals surface area contributed by atoms with Crippen LogP contribution in [-0.2, 0) is 4.74 Å². The predicted octanol–water partition coefficient (Wildman–Crippen LogP) is 2.88. The van der Waals surface area contributed by atoms with E-state index in [1.54, 1.807) is 30.3 Å². The van der Waals surface area contributed by atoms with Gasteiger partial charge in [-0.1, -0.05) is 6.92 Å². The molecule has 0 aliphatic heterocycles. The summed E-state index contributed by atoms with van der Waals surface area (Å²) in [7, 11) is 3.47. The molecule has 0 fully saturated rings. The number of thiophene rings is 1. The van der Waals surface area contributed by atoms with Gasteiger partial charge in [0.15, 0.2) is 5.96 Å². The number of guanidine groups is 1. The van der Waals surface area contributed by atoms with Crippen molar-refractivity contribution in [3.05, 3.63) is 22.4 Å². The summed E-state index contributed by atoms with van der Waals surface area (Å²) in [6.07, 6.45) is -0.321. The number of amides is 1. The molecule has 1 rings (SSSR count). The molecule has 0 aliphatic rings. The van der Waals surface area contributed by atoms with Crippen molar-refractivity contribution in [3.8, 4) is 0 Å². The average Bonchev–Trinajstić information content (AvgIpc) is 3.02. The molecule has 1 heterocycles. The number of aliphatic imine (C=N–C) groups is 1. The fourth-order valence-electron chi connectivity index (χ4n) is 1.92. The van der Waals surface area contributed by atoms with E-state index in [4.69, 9.17) is 4.74 Å². The second kappa shape index (κ2) is 9.52. The van der Waals surface area contributed by atoms with E-state index in [1.165, 1.54) is 5.56 Å². The molecule has 0 aliphatic carbocycles. The molecule has 1 unspecified atom stereocenters. The van der Waals surface area contributed by atoms with Crippen molar-refractivity contribution in [2.24, 2.45) is 4.99 Å². The lowest BCUT2D eigenvalue weighted by atomic mass is 10.1. The predicted molar refractivity (Wildman–Crippen MR) is 101 cm³/mol. The van der Waals surface area contributed by atoms with Crippen molar-refractivity contribution < 1.29 is 9.53 Å². The highest BCUT2D eigenvalue weighted by Crippen LogP contribution is 2.16. The van der Waals surface area contributed by atoms with E-state index < -0.39 is 5.60 Å². The average molecular weight is 355 g/mol. The lowest BCUT2D eigenvalue weighted by Crippen LogP contribution is -2.43. The topological polar surface area (TPSA) is 66.0 Å². The van der Waals surface area contributed by atoms with Crippen LogP contribution in [-0.4, -0.2) is 56.3 Å². The van der Waals surface area contributed by atoms with E-state index in [0.29, 0.717) is 19.0 Å². The van der Waals surface area contributed by atoms with Gasteiger partial charge in [0, 0.05) is 33.7 Å². The maximum atomic E-state index is 11.9. The molecule has 1 amide bonds. The van der Waals surface area contributed by atoms with Crippen LogP contribution in [0.4, 0.5) is 4.79 Å². The summed E-state index contributed by atoms with van der Waals surface area (Å²) in [4.78, 5) is 17.6. The van der Waals surface area contributed by atoms with E-state index in [9.17, 15) is 4.79 Å². The Morgan fingerprint density at radius 2 is 2.12 bits per heavy atom. The van der Waals surface area contributed by atoms with Gasteiger partial charge in [0.2, 0.25) is 0 Å². The molecule has 1 atom stereocenters. The van der Waals surface area contributed by atoms with Crippen LogP contribution in [0.2, 0.25) is 0 Å². The van der Waals surface area contributed by atoms with Gasteiger partial charge in [-0.3, -0.25) is 4.99 Å². The minimum Gasteiger partial charge on any atom is -0.444 e. The highest BCUT2D eigenvalue weighted by Gasteiger charge is 2.19. The van der Waals surface area contributed by atoms with Crippen LogP contribution < -0.4 is 10.6 Å². The summed E-state index contributed by atoms with van der Waals surface area (Å²) in [6, 6.07) is 2.14. The Morgan fingerprint density at radius 1 is 1.42 bits per heavy atom. The van der Waals surface area contributed by atoms with E-state index in [0.717, 1.165) is 12.5 Å². The van der Waals surface area contributed by atoms with Crippen LogP contribution in [0.3, 0.4) is 0 Å². The first-order valence-corrected chi connectivity index (χ1v) is 9.08. The quantitative estimate of drug-likeness (QED) is 0.609. The smallest absolute Gasteiger partial charge is 0.410 e. The van der Waals surface area contributed by atoms with Crippen LogP contribution in [0.25, 0.3) is 0 Å². The van der Waals surface area contributed by atoms with E-state index in [-0.39, 0.29) is 6.09 Å². The first-order chi connectivity index (χ1) is 11.2. The Kier molecular flexibility index (Phi) is 8.04. The third kappa shape index (κ3) is 7.68. The summed E-state index contributed by atoms with van der Waals surface area (Å²) in [6.45, 7) is 9.70. The number of hydrogen-bond acceptors (Lipinski definition) is 4. The Morgan fingerprint density at radius 3 is 2.67 bits per heavy atom. The molecule has 0 saturated carbocycles. The normalized spacial score (nSPS) is 13.3. The Bertz CT molecular complexity index is 523. The second-order valence-electron chi connectivity index (χ2n) is 6.74. The number of carbonyl (C=O) groups excluding carboxylic acids is 1. The molecule has 136 valence electrons. The molecule has 6 nitrogen and oxygen atoms in total. The maximum Gasteiger partial charge on any atom is 0.410 e. The largest absolute Gasteiger partial charge is 0.444 e. The van der Waals surface area contributed by atoms with Crippen molar-refractivity contribution in [2.75, 3.05) is 33.7 Å². The van der Waals surface area contributed by atoms with Gasteiger partial charge in [0.25, 0.3) is 0 Å². The third-order valence-electron chi connectivity index (χ3n) is 3.36. The van der Waals surface area contributed by atoms with Gasteiger partial charge < -0.3 is 20.3 Å². The summed E-state index contributed by atoms with van der Waals surface area (Å²) < 4.78 is 5.32. The summed E-state index contributed by atoms with van der Waals surface area (Å²) in [5.74, 6) is 1.15. The number of nitrogens with one attached hydrogen (secondary N) is 2. The lowest BCUT2D eigenvalue weighted by molar-refractivity contribution is 0.0302. The minimum absolute atomic E-state index is 0.321. The molecular weight excluding hydrogens is 324 g/mol. The summed E-state index contributed by atoms with van der Waals surface area (Å²) in [5.41, 5.74) is 0.848. The highest BCUT2D eigenvalue weighted by atomic mass is 32.1. The molecule has 7 heteroatoms. The van der Waals surface area contributed by atoms with E-state index >= 15 is 0 Å². The van der Waals surface area contributed by atoms with Gasteiger partial charge in [-0.05, 0) is 49.1 Å². The van der Waals surface area contributed by atoms with Crippen molar-refractivity contribution in [3.63, 3.8) is 0 Å². The zero-order chi connectivity index (χ0) is 18.2. The minimum atomic E-state index is -0.478. The number of hydrogen-bond donors (Lipinski definition) is 2. The van der Waals surface area contributed by atoms with E-state index in [1.807, 2.05) is 20.8 Å². The molecule has 24 heavy (non-hydrogen) atoms. The molecule has 0 spiro atoms. The Hall–Kier alpha value is -1.76. The molecule has 0 radical (unpaired) electrons. The van der Waals surface area contributed by atoms with Crippen LogP contribution in [0.15, 0.2) is 21.8 Å². The van der Waals surface area contributed by atoms with Gasteiger partial charge >= 0.3 is 6.09 Å². The first-order valence-electron chi connectivity index (χ1n) is 8.13. The number of likely N-dealkylation sites (N-methyl/N-ethyl adjacent to an activating group) is 1. The van der Waals surface area contributed by atoms with Crippen LogP contribution >= 0.6 is 11.3 Å². The summed E-state index contributed by atoms with van der Waals surface area (Å²) in [5, 5.41) is 10.8. The van der Waals surface area contributed by atoms with Crippen LogP contribution in [0.1, 0.15) is 39.2 Å². The number of carbonyl (C=O) groups is 1. The first kappa shape index (κ1) is 20.3. The van der Waals surface area contributed by atoms with Crippen molar-refractivity contribution in [2.45, 2.75) is 39.2 Å². The van der Waals surface area contributed by atoms with Crippen molar-refractivity contribution >= 4 is 23.4 Å². The molecule has 0 aromatic carbocycles. The monoisotopic (exact) mass is 354 g/mol. The zero-order valence-corrected chi connectivity index (χ0v) is 16.4. The molecular formula is C17H30N4O2S. The van der Waals surface area contributed by atoms with Crippen LogP contribution in [0.5, 0.6) is 0 Å². The second-order valence-corrected chi connectivity index (χ2v) is 7.52. The summed E-state index contributed by atoms with van der Waals surface area (Å²) >= 11 is 1.71. The Balaban J connectivity index is 2.30. The van der Waals surface area contributed by atoms with Gasteiger partial charge in [-0.25, -0.2) is 4.79 Å². The number of rotatable bonds is 6. The molecule has 0 bridgehead atoms. The third-order valence-corrected chi connectivity index (χ3v) is 4.06. The van der Waals surface area contributed by atoms with E-state index in [2.05, 4.69) is 39.4 Å². The van der Waals surface area contributed by atoms with Gasteiger partial charge in [-0.2, -0.15) is 11.3 Å². The fourth-order valence-corrected chi connectivity index (χ4v) is 2.70. The van der Waals surface area contributed by atoms with Gasteiger partial charge in [-0.15, -0.1) is 0 Å². The number of nitrogens with zero attached hydrogens (tertiary/aromatic N) is 2. The standard InChI is InChI=1S/C17H30N4O2S/c1-13(14-7-10-24-12-14)11-20-15(18-5)19-8-9-21(6)16(22)23-17(2,3)4/h7,10,12-13H,8-9,11H2,1-6H3,(H2,18,19,20). The SMILES string of the molecule is CN=C(NCCN(C)C(=O)OC(C)(C)C)NCC(C)c1ccsc1. The fraction of sp³-hybridized carbons (Fsp3) is 0.647. The van der Waals surface area contributed by atoms with Crippen LogP contribution in [0, 0.1) is 0 Å². The lowest BCUT2D eigenvalue weighted by Gasteiger charge is -2.25. The maximum absolute atomic E-state index is 11.9. The van der Waals surface area contributed by atoms with Gasteiger partial charge in [0.05, 0.1) is 0 Å². The highest BCUT2D eigenvalue weighted by molar-refractivity contribution is 7.07. The zero-order valence-electron chi connectivity index (χ0n) is 15.5. The molecule has 1 aromatic rings. The van der Waals surface area contributed by atoms with Gasteiger partial charge in [0.1, 0.15) is 5.60 Å². The molecule has 0 saturated heterocycles. The van der Waals surface area contributed by atoms with Crippen molar-refractivity contribution in [1.29, 1.82) is 0 Å². The number of ether oxygens (including phenoxy) is 1. The molecule has 2 N–H and O–H groups in total. The van der Waals surface area contributed by atoms with Crippen molar-refractivity contribution in [1.82, 2.24) is 15.5 Å². The molecule has 1 aromatic heterocycles. The Labute approximate surface area is 149 Å².